The van der Waals surface area contributed by atoms with Crippen LogP contribution in [0.2, 0.25) is 0 Å². The second kappa shape index (κ2) is 10.8. The number of hydrogen-bond acceptors (Lipinski definition) is 6. The second-order valence-electron chi connectivity index (χ2n) is 8.91. The number of carbonyl (C=O) groups excluding carboxylic acids is 2. The van der Waals surface area contributed by atoms with Crippen molar-refractivity contribution in [3.05, 3.63) is 95.3 Å². The van der Waals surface area contributed by atoms with Gasteiger partial charge in [0.2, 0.25) is 0 Å². The molecule has 1 N–H and O–H groups in total. The SMILES string of the molecule is CC(C)Cc1ccc(C(C)C(=O)OC2=C(C(=O)Nc3ccccn3)N(C)Sc3ccccc32)cc1. The number of fused-ring (bicyclic) bond motifs is 1. The van der Waals surface area contributed by atoms with Gasteiger partial charge in [0.1, 0.15) is 5.82 Å². The summed E-state index contributed by atoms with van der Waals surface area (Å²) in [5.74, 6) is -0.0994. The molecular formula is C28H29N3O3S. The van der Waals surface area contributed by atoms with Crippen LogP contribution in [0.5, 0.6) is 0 Å². The summed E-state index contributed by atoms with van der Waals surface area (Å²) in [6.45, 7) is 6.18. The molecule has 4 rings (SSSR count). The molecule has 0 radical (unpaired) electrons. The standard InChI is InChI=1S/C28H29N3O3S/c1-18(2)17-20-12-14-21(15-13-20)19(3)28(33)34-26-22-9-5-6-10-23(22)35-31(4)25(26)27(32)30-24-11-7-8-16-29-24/h5-16,18-19H,17H2,1-4H3,(H,29,30,32). The minimum absolute atomic E-state index is 0.239. The zero-order chi connectivity index (χ0) is 24.9. The van der Waals surface area contributed by atoms with E-state index in [1.165, 1.54) is 17.5 Å². The van der Waals surface area contributed by atoms with Gasteiger partial charge >= 0.3 is 5.97 Å². The number of benzene rings is 2. The summed E-state index contributed by atoms with van der Waals surface area (Å²) in [6, 6.07) is 20.9. The van der Waals surface area contributed by atoms with Crippen molar-refractivity contribution < 1.29 is 14.3 Å². The van der Waals surface area contributed by atoms with Crippen LogP contribution in [-0.2, 0) is 20.7 Å². The van der Waals surface area contributed by atoms with Gasteiger partial charge in [-0.3, -0.25) is 9.59 Å². The Balaban J connectivity index is 1.64. The van der Waals surface area contributed by atoms with Crippen LogP contribution in [0.3, 0.4) is 0 Å². The molecule has 2 aromatic carbocycles. The average Bonchev–Trinajstić information content (AvgIpc) is 2.84. The Labute approximate surface area is 210 Å². The lowest BCUT2D eigenvalue weighted by Crippen LogP contribution is -2.29. The van der Waals surface area contributed by atoms with E-state index in [0.29, 0.717) is 17.3 Å². The molecule has 1 amide bonds. The number of hydrogen-bond donors (Lipinski definition) is 1. The molecule has 3 aromatic rings. The van der Waals surface area contributed by atoms with Gasteiger partial charge in [0, 0.05) is 23.7 Å². The molecule has 180 valence electrons. The normalized spacial score (nSPS) is 13.9. The van der Waals surface area contributed by atoms with Crippen LogP contribution in [0.25, 0.3) is 5.76 Å². The molecule has 1 aliphatic rings. The van der Waals surface area contributed by atoms with Gasteiger partial charge in [-0.15, -0.1) is 0 Å². The number of ether oxygens (including phenoxy) is 1. The molecule has 0 saturated carbocycles. The topological polar surface area (TPSA) is 71.5 Å². The predicted molar refractivity (Wildman–Crippen MR) is 139 cm³/mol. The molecule has 2 heterocycles. The summed E-state index contributed by atoms with van der Waals surface area (Å²) < 4.78 is 7.69. The van der Waals surface area contributed by atoms with Gasteiger partial charge in [-0.2, -0.15) is 0 Å². The molecule has 0 bridgehead atoms. The first-order valence-corrected chi connectivity index (χ1v) is 12.4. The molecule has 0 aliphatic carbocycles. The summed E-state index contributed by atoms with van der Waals surface area (Å²) >= 11 is 1.40. The lowest BCUT2D eigenvalue weighted by Gasteiger charge is -2.29. The van der Waals surface area contributed by atoms with Gasteiger partial charge in [0.25, 0.3) is 5.91 Å². The molecule has 0 saturated heterocycles. The van der Waals surface area contributed by atoms with Crippen LogP contribution >= 0.6 is 11.9 Å². The monoisotopic (exact) mass is 487 g/mol. The van der Waals surface area contributed by atoms with Crippen LogP contribution < -0.4 is 5.32 Å². The van der Waals surface area contributed by atoms with Crippen molar-refractivity contribution >= 4 is 35.4 Å². The summed E-state index contributed by atoms with van der Waals surface area (Å²) in [6.07, 6.45) is 2.59. The fourth-order valence-electron chi connectivity index (χ4n) is 3.90. The number of carbonyl (C=O) groups is 2. The number of nitrogens with one attached hydrogen (secondary N) is 1. The zero-order valence-corrected chi connectivity index (χ0v) is 21.1. The van der Waals surface area contributed by atoms with E-state index in [0.717, 1.165) is 16.9 Å². The van der Waals surface area contributed by atoms with Crippen LogP contribution in [0.1, 0.15) is 43.4 Å². The molecule has 35 heavy (non-hydrogen) atoms. The lowest BCUT2D eigenvalue weighted by atomic mass is 9.97. The number of pyridine rings is 1. The lowest BCUT2D eigenvalue weighted by molar-refractivity contribution is -0.138. The number of rotatable bonds is 7. The largest absolute Gasteiger partial charge is 0.423 e. The van der Waals surface area contributed by atoms with Gasteiger partial charge in [-0.1, -0.05) is 56.3 Å². The van der Waals surface area contributed by atoms with Crippen molar-refractivity contribution in [1.82, 2.24) is 9.29 Å². The Bertz CT molecular complexity index is 1240. The van der Waals surface area contributed by atoms with Crippen molar-refractivity contribution in [2.45, 2.75) is 38.0 Å². The first-order chi connectivity index (χ1) is 16.8. The summed E-state index contributed by atoms with van der Waals surface area (Å²) in [4.78, 5) is 31.7. The van der Waals surface area contributed by atoms with E-state index in [1.807, 2.05) is 43.3 Å². The van der Waals surface area contributed by atoms with E-state index in [4.69, 9.17) is 4.74 Å². The number of aromatic nitrogens is 1. The molecule has 6 nitrogen and oxygen atoms in total. The van der Waals surface area contributed by atoms with Crippen LogP contribution in [-0.4, -0.2) is 28.2 Å². The van der Waals surface area contributed by atoms with Gasteiger partial charge in [0.15, 0.2) is 11.5 Å². The minimum Gasteiger partial charge on any atom is -0.423 e. The van der Waals surface area contributed by atoms with Crippen LogP contribution in [0.4, 0.5) is 5.82 Å². The first kappa shape index (κ1) is 24.5. The van der Waals surface area contributed by atoms with Crippen LogP contribution in [0.15, 0.2) is 83.5 Å². The van der Waals surface area contributed by atoms with Crippen molar-refractivity contribution in [3.63, 3.8) is 0 Å². The molecule has 7 heteroatoms. The molecular weight excluding hydrogens is 458 g/mol. The number of anilines is 1. The highest BCUT2D eigenvalue weighted by Crippen LogP contribution is 2.41. The fourth-order valence-corrected chi connectivity index (χ4v) is 4.85. The molecule has 1 aromatic heterocycles. The summed E-state index contributed by atoms with van der Waals surface area (Å²) in [7, 11) is 1.78. The molecule has 0 fully saturated rings. The van der Waals surface area contributed by atoms with Gasteiger partial charge < -0.3 is 14.4 Å². The van der Waals surface area contributed by atoms with E-state index in [2.05, 4.69) is 36.3 Å². The third-order valence-electron chi connectivity index (χ3n) is 5.70. The number of nitrogens with zero attached hydrogens (tertiary/aromatic N) is 2. The maximum atomic E-state index is 13.3. The quantitative estimate of drug-likeness (QED) is 0.331. The molecule has 1 aliphatic heterocycles. The van der Waals surface area contributed by atoms with E-state index < -0.39 is 17.8 Å². The molecule has 1 unspecified atom stereocenters. The summed E-state index contributed by atoms with van der Waals surface area (Å²) in [5.41, 5.74) is 3.07. The Morgan fingerprint density at radius 3 is 2.40 bits per heavy atom. The Morgan fingerprint density at radius 2 is 1.71 bits per heavy atom. The van der Waals surface area contributed by atoms with E-state index in [-0.39, 0.29) is 11.5 Å². The van der Waals surface area contributed by atoms with Crippen molar-refractivity contribution in [3.8, 4) is 0 Å². The predicted octanol–water partition coefficient (Wildman–Crippen LogP) is 5.89. The van der Waals surface area contributed by atoms with Crippen molar-refractivity contribution in [2.75, 3.05) is 12.4 Å². The van der Waals surface area contributed by atoms with E-state index in [9.17, 15) is 9.59 Å². The molecule has 1 atom stereocenters. The summed E-state index contributed by atoms with van der Waals surface area (Å²) in [5, 5.41) is 2.80. The van der Waals surface area contributed by atoms with Crippen molar-refractivity contribution in [2.24, 2.45) is 5.92 Å². The van der Waals surface area contributed by atoms with Gasteiger partial charge in [0.05, 0.1) is 5.92 Å². The minimum atomic E-state index is -0.497. The van der Waals surface area contributed by atoms with Crippen molar-refractivity contribution in [1.29, 1.82) is 0 Å². The number of esters is 1. The van der Waals surface area contributed by atoms with Crippen LogP contribution in [0, 0.1) is 5.92 Å². The average molecular weight is 488 g/mol. The highest BCUT2D eigenvalue weighted by atomic mass is 32.2. The Morgan fingerprint density at radius 1 is 1.00 bits per heavy atom. The second-order valence-corrected chi connectivity index (χ2v) is 10.1. The van der Waals surface area contributed by atoms with E-state index >= 15 is 0 Å². The maximum Gasteiger partial charge on any atom is 0.318 e. The third kappa shape index (κ3) is 5.74. The molecule has 0 spiro atoms. The van der Waals surface area contributed by atoms with Gasteiger partial charge in [-0.05, 0) is 66.6 Å². The smallest absolute Gasteiger partial charge is 0.318 e. The number of likely N-dealkylation sites (N-methyl/N-ethyl adjacent to an activating group) is 1. The third-order valence-corrected chi connectivity index (χ3v) is 6.71. The zero-order valence-electron chi connectivity index (χ0n) is 20.3. The first-order valence-electron chi connectivity index (χ1n) is 11.6. The highest BCUT2D eigenvalue weighted by Gasteiger charge is 2.32. The number of amides is 1. The van der Waals surface area contributed by atoms with Gasteiger partial charge in [-0.25, -0.2) is 4.98 Å². The Kier molecular flexibility index (Phi) is 7.56. The Hall–Kier alpha value is -3.58. The maximum absolute atomic E-state index is 13.3. The highest BCUT2D eigenvalue weighted by molar-refractivity contribution is 7.97. The van der Waals surface area contributed by atoms with E-state index in [1.54, 1.807) is 35.7 Å². The fraction of sp³-hybridized carbons (Fsp3) is 0.250.